The lowest BCUT2D eigenvalue weighted by Crippen LogP contribution is -2.49. The summed E-state index contributed by atoms with van der Waals surface area (Å²) >= 11 is 1.63. The first-order chi connectivity index (χ1) is 11.2. The van der Waals surface area contributed by atoms with Crippen LogP contribution in [-0.4, -0.2) is 40.4 Å². The number of thioether (sulfide) groups is 1. The Labute approximate surface area is 149 Å². The number of hydrogen-bond acceptors (Lipinski definition) is 3. The molecule has 2 amide bonds. The third-order valence-corrected chi connectivity index (χ3v) is 5.46. The molecule has 2 atom stereocenters. The first-order valence-electron chi connectivity index (χ1n) is 8.53. The molecule has 0 unspecified atom stereocenters. The quantitative estimate of drug-likeness (QED) is 0.907. The average Bonchev–Trinajstić information content (AvgIpc) is 3.03. The van der Waals surface area contributed by atoms with Gasteiger partial charge in [-0.15, -0.1) is 11.8 Å². The second-order valence-corrected chi connectivity index (χ2v) is 8.44. The molecule has 0 bridgehead atoms. The van der Waals surface area contributed by atoms with Crippen LogP contribution in [0.25, 0.3) is 0 Å². The maximum atomic E-state index is 12.8. The minimum Gasteiger partial charge on any atom is -0.352 e. The van der Waals surface area contributed by atoms with E-state index in [1.54, 1.807) is 16.7 Å². The normalized spacial score (nSPS) is 19.2. The van der Waals surface area contributed by atoms with Gasteiger partial charge in [0.1, 0.15) is 6.04 Å². The zero-order valence-corrected chi connectivity index (χ0v) is 16.1. The summed E-state index contributed by atoms with van der Waals surface area (Å²) in [6, 6.07) is 7.50. The molecule has 1 aliphatic heterocycles. The van der Waals surface area contributed by atoms with Gasteiger partial charge in [-0.1, -0.05) is 39.8 Å². The van der Waals surface area contributed by atoms with Crippen molar-refractivity contribution in [3.63, 3.8) is 0 Å². The molecule has 0 aromatic heterocycles. The van der Waals surface area contributed by atoms with Gasteiger partial charge in [0.25, 0.3) is 5.91 Å². The molecule has 5 heteroatoms. The first kappa shape index (κ1) is 18.8. The van der Waals surface area contributed by atoms with Crippen LogP contribution in [0.2, 0.25) is 0 Å². The summed E-state index contributed by atoms with van der Waals surface area (Å²) in [4.78, 5) is 26.9. The van der Waals surface area contributed by atoms with Crippen molar-refractivity contribution >= 4 is 23.6 Å². The molecule has 2 rings (SSSR count). The van der Waals surface area contributed by atoms with Gasteiger partial charge in [0, 0.05) is 17.4 Å². The highest BCUT2D eigenvalue weighted by Gasteiger charge is 2.35. The SMILES string of the molecule is CC[C@@H](C)NC(=O)[C@@H]1CSCN1C(=O)c1ccc(C(C)(C)C)cc1. The van der Waals surface area contributed by atoms with E-state index in [1.807, 2.05) is 38.1 Å². The number of amides is 2. The van der Waals surface area contributed by atoms with Crippen LogP contribution in [0.1, 0.15) is 57.0 Å². The maximum Gasteiger partial charge on any atom is 0.255 e. The Bertz CT molecular complexity index is 592. The fraction of sp³-hybridized carbons (Fsp3) is 0.579. The van der Waals surface area contributed by atoms with Crippen LogP contribution < -0.4 is 5.32 Å². The predicted molar refractivity (Wildman–Crippen MR) is 100 cm³/mol. The van der Waals surface area contributed by atoms with Crippen molar-refractivity contribution in [2.75, 3.05) is 11.6 Å². The lowest BCUT2D eigenvalue weighted by atomic mass is 9.86. The van der Waals surface area contributed by atoms with Crippen LogP contribution in [0.5, 0.6) is 0 Å². The third kappa shape index (κ3) is 4.32. The minimum atomic E-state index is -0.376. The molecule has 0 spiro atoms. The standard InChI is InChI=1S/C19H28N2O2S/c1-6-13(2)20-17(22)16-11-24-12-21(16)18(23)14-7-9-15(10-8-14)19(3,4)5/h7-10,13,16H,6,11-12H2,1-5H3,(H,20,22)/t13-,16+/m1/s1. The van der Waals surface area contributed by atoms with E-state index in [1.165, 1.54) is 5.56 Å². The summed E-state index contributed by atoms with van der Waals surface area (Å²) in [5, 5.41) is 2.99. The van der Waals surface area contributed by atoms with Crippen molar-refractivity contribution < 1.29 is 9.59 Å². The van der Waals surface area contributed by atoms with Gasteiger partial charge in [-0.05, 0) is 36.5 Å². The molecular weight excluding hydrogens is 320 g/mol. The van der Waals surface area contributed by atoms with Gasteiger partial charge in [0.15, 0.2) is 0 Å². The lowest BCUT2D eigenvalue weighted by molar-refractivity contribution is -0.125. The van der Waals surface area contributed by atoms with E-state index in [4.69, 9.17) is 0 Å². The Balaban J connectivity index is 2.11. The van der Waals surface area contributed by atoms with Gasteiger partial charge in [-0.25, -0.2) is 0 Å². The fourth-order valence-corrected chi connectivity index (χ4v) is 3.73. The molecule has 132 valence electrons. The van der Waals surface area contributed by atoms with Gasteiger partial charge in [0.2, 0.25) is 5.91 Å². The monoisotopic (exact) mass is 348 g/mol. The Kier molecular flexibility index (Phi) is 5.97. The number of rotatable bonds is 4. The highest BCUT2D eigenvalue weighted by molar-refractivity contribution is 7.99. The van der Waals surface area contributed by atoms with Gasteiger partial charge in [0.05, 0.1) is 5.88 Å². The van der Waals surface area contributed by atoms with Crippen molar-refractivity contribution in [2.24, 2.45) is 0 Å². The van der Waals surface area contributed by atoms with E-state index in [-0.39, 0.29) is 29.3 Å². The van der Waals surface area contributed by atoms with Crippen molar-refractivity contribution in [1.29, 1.82) is 0 Å². The maximum absolute atomic E-state index is 12.8. The second-order valence-electron chi connectivity index (χ2n) is 7.44. The zero-order chi connectivity index (χ0) is 17.9. The van der Waals surface area contributed by atoms with Crippen LogP contribution in [0.3, 0.4) is 0 Å². The molecule has 1 aliphatic rings. The highest BCUT2D eigenvalue weighted by atomic mass is 32.2. The molecule has 1 heterocycles. The average molecular weight is 349 g/mol. The Morgan fingerprint density at radius 2 is 1.92 bits per heavy atom. The summed E-state index contributed by atoms with van der Waals surface area (Å²) in [5.74, 6) is 1.12. The summed E-state index contributed by atoms with van der Waals surface area (Å²) in [7, 11) is 0. The molecule has 1 saturated heterocycles. The molecule has 24 heavy (non-hydrogen) atoms. The predicted octanol–water partition coefficient (Wildman–Crippen LogP) is 3.41. The van der Waals surface area contributed by atoms with E-state index in [9.17, 15) is 9.59 Å². The molecule has 0 saturated carbocycles. The molecule has 1 N–H and O–H groups in total. The molecule has 1 aromatic rings. The fourth-order valence-electron chi connectivity index (χ4n) is 2.58. The lowest BCUT2D eigenvalue weighted by Gasteiger charge is -2.25. The summed E-state index contributed by atoms with van der Waals surface area (Å²) < 4.78 is 0. The number of benzene rings is 1. The highest BCUT2D eigenvalue weighted by Crippen LogP contribution is 2.26. The molecule has 1 fully saturated rings. The van der Waals surface area contributed by atoms with Gasteiger partial charge in [-0.3, -0.25) is 9.59 Å². The zero-order valence-electron chi connectivity index (χ0n) is 15.3. The van der Waals surface area contributed by atoms with Gasteiger partial charge in [-0.2, -0.15) is 0 Å². The van der Waals surface area contributed by atoms with E-state index >= 15 is 0 Å². The summed E-state index contributed by atoms with van der Waals surface area (Å²) in [6.45, 7) is 10.5. The van der Waals surface area contributed by atoms with Gasteiger partial charge >= 0.3 is 0 Å². The number of carbonyl (C=O) groups excluding carboxylic acids is 2. The van der Waals surface area contributed by atoms with Crippen LogP contribution in [0.4, 0.5) is 0 Å². The van der Waals surface area contributed by atoms with E-state index in [2.05, 4.69) is 26.1 Å². The van der Waals surface area contributed by atoms with Crippen LogP contribution in [0.15, 0.2) is 24.3 Å². The van der Waals surface area contributed by atoms with Gasteiger partial charge < -0.3 is 10.2 Å². The summed E-state index contributed by atoms with van der Waals surface area (Å²) in [6.07, 6.45) is 0.883. The van der Waals surface area contributed by atoms with Crippen molar-refractivity contribution in [2.45, 2.75) is 58.5 Å². The third-order valence-electron chi connectivity index (χ3n) is 4.44. The Hall–Kier alpha value is -1.49. The smallest absolute Gasteiger partial charge is 0.255 e. The molecular formula is C19H28N2O2S. The molecule has 0 aliphatic carbocycles. The topological polar surface area (TPSA) is 49.4 Å². The van der Waals surface area contributed by atoms with E-state index in [0.717, 1.165) is 6.42 Å². The Morgan fingerprint density at radius 1 is 1.29 bits per heavy atom. The number of hydrogen-bond donors (Lipinski definition) is 1. The van der Waals surface area contributed by atoms with Crippen molar-refractivity contribution in [3.05, 3.63) is 35.4 Å². The summed E-state index contributed by atoms with van der Waals surface area (Å²) in [5.41, 5.74) is 1.90. The van der Waals surface area contributed by atoms with E-state index in [0.29, 0.717) is 17.2 Å². The first-order valence-corrected chi connectivity index (χ1v) is 9.69. The largest absolute Gasteiger partial charge is 0.352 e. The van der Waals surface area contributed by atoms with Crippen LogP contribution in [-0.2, 0) is 10.2 Å². The number of carbonyl (C=O) groups is 2. The van der Waals surface area contributed by atoms with Crippen LogP contribution in [0, 0.1) is 0 Å². The minimum absolute atomic E-state index is 0.0472. The molecule has 1 aromatic carbocycles. The number of nitrogens with zero attached hydrogens (tertiary/aromatic N) is 1. The second kappa shape index (κ2) is 7.60. The molecule has 0 radical (unpaired) electrons. The van der Waals surface area contributed by atoms with E-state index < -0.39 is 0 Å². The molecule has 4 nitrogen and oxygen atoms in total. The van der Waals surface area contributed by atoms with Crippen molar-refractivity contribution in [3.8, 4) is 0 Å². The number of nitrogens with one attached hydrogen (secondary N) is 1. The van der Waals surface area contributed by atoms with Crippen molar-refractivity contribution in [1.82, 2.24) is 10.2 Å². The Morgan fingerprint density at radius 3 is 2.46 bits per heavy atom. The van der Waals surface area contributed by atoms with Crippen LogP contribution >= 0.6 is 11.8 Å².